The minimum absolute atomic E-state index is 0.0594. The molecule has 0 bridgehead atoms. The highest BCUT2D eigenvalue weighted by molar-refractivity contribution is 6.21. The summed E-state index contributed by atoms with van der Waals surface area (Å²) in [5, 5.41) is 5.62. The molecule has 5 heteroatoms. The van der Waals surface area contributed by atoms with Crippen molar-refractivity contribution in [3.63, 3.8) is 0 Å². The van der Waals surface area contributed by atoms with Gasteiger partial charge in [-0.2, -0.15) is 0 Å². The Morgan fingerprint density at radius 3 is 2.36 bits per heavy atom. The maximum atomic E-state index is 11.7. The molecule has 2 N–H and O–H groups in total. The number of imide groups is 1. The van der Waals surface area contributed by atoms with E-state index in [1.165, 1.54) is 0 Å². The molecular formula is C17H16N2O3. The van der Waals surface area contributed by atoms with Crippen molar-refractivity contribution in [1.82, 2.24) is 5.32 Å². The zero-order valence-electron chi connectivity index (χ0n) is 12.3. The molecule has 2 aromatic carbocycles. The van der Waals surface area contributed by atoms with E-state index in [4.69, 9.17) is 4.74 Å². The number of hydrogen-bond acceptors (Lipinski definition) is 4. The Labute approximate surface area is 128 Å². The van der Waals surface area contributed by atoms with E-state index in [9.17, 15) is 9.59 Å². The SMILES string of the molecule is COc1ccc(C(C)Nc2ccc3c(c2)C(=O)NC3=O)cc1. The van der Waals surface area contributed by atoms with Gasteiger partial charge in [-0.25, -0.2) is 0 Å². The molecule has 0 aliphatic carbocycles. The highest BCUT2D eigenvalue weighted by atomic mass is 16.5. The predicted molar refractivity (Wildman–Crippen MR) is 83.3 cm³/mol. The maximum Gasteiger partial charge on any atom is 0.259 e. The lowest BCUT2D eigenvalue weighted by Crippen LogP contribution is -2.19. The number of carbonyl (C=O) groups excluding carboxylic acids is 2. The van der Waals surface area contributed by atoms with Crippen LogP contribution in [0.1, 0.15) is 39.2 Å². The van der Waals surface area contributed by atoms with Gasteiger partial charge >= 0.3 is 0 Å². The van der Waals surface area contributed by atoms with Crippen LogP contribution in [0.5, 0.6) is 5.75 Å². The number of ether oxygens (including phenoxy) is 1. The summed E-state index contributed by atoms with van der Waals surface area (Å²) < 4.78 is 5.14. The molecule has 1 heterocycles. The number of anilines is 1. The second-order valence-electron chi connectivity index (χ2n) is 5.18. The molecule has 112 valence electrons. The first-order chi connectivity index (χ1) is 10.6. The predicted octanol–water partition coefficient (Wildman–Crippen LogP) is 2.75. The molecule has 1 aliphatic rings. The van der Waals surface area contributed by atoms with Crippen LogP contribution in [-0.4, -0.2) is 18.9 Å². The Morgan fingerprint density at radius 2 is 1.68 bits per heavy atom. The number of hydrogen-bond donors (Lipinski definition) is 2. The maximum absolute atomic E-state index is 11.7. The van der Waals surface area contributed by atoms with Crippen LogP contribution < -0.4 is 15.4 Å². The molecule has 1 atom stereocenters. The lowest BCUT2D eigenvalue weighted by atomic mass is 10.1. The largest absolute Gasteiger partial charge is 0.497 e. The minimum Gasteiger partial charge on any atom is -0.497 e. The van der Waals surface area contributed by atoms with Crippen molar-refractivity contribution in [3.8, 4) is 5.75 Å². The van der Waals surface area contributed by atoms with Gasteiger partial charge in [0.05, 0.1) is 18.2 Å². The van der Waals surface area contributed by atoms with Crippen molar-refractivity contribution < 1.29 is 14.3 Å². The molecule has 3 rings (SSSR count). The van der Waals surface area contributed by atoms with Gasteiger partial charge in [0, 0.05) is 11.7 Å². The number of nitrogens with one attached hydrogen (secondary N) is 2. The first-order valence-corrected chi connectivity index (χ1v) is 6.98. The third kappa shape index (κ3) is 2.53. The highest BCUT2D eigenvalue weighted by Gasteiger charge is 2.26. The Hall–Kier alpha value is -2.82. The lowest BCUT2D eigenvalue weighted by molar-refractivity contribution is 0.0879. The molecular weight excluding hydrogens is 280 g/mol. The van der Waals surface area contributed by atoms with Crippen molar-refractivity contribution in [3.05, 3.63) is 59.2 Å². The van der Waals surface area contributed by atoms with Crippen LogP contribution in [-0.2, 0) is 0 Å². The lowest BCUT2D eigenvalue weighted by Gasteiger charge is -2.16. The Bertz CT molecular complexity index is 738. The van der Waals surface area contributed by atoms with Crippen molar-refractivity contribution in [2.75, 3.05) is 12.4 Å². The summed E-state index contributed by atoms with van der Waals surface area (Å²) in [5.41, 5.74) is 2.73. The van der Waals surface area contributed by atoms with Crippen LogP contribution in [0.4, 0.5) is 5.69 Å². The van der Waals surface area contributed by atoms with E-state index in [-0.39, 0.29) is 17.9 Å². The van der Waals surface area contributed by atoms with Gasteiger partial charge in [-0.05, 0) is 42.8 Å². The molecule has 0 spiro atoms. The van der Waals surface area contributed by atoms with Crippen molar-refractivity contribution in [1.29, 1.82) is 0 Å². The second kappa shape index (κ2) is 5.52. The van der Waals surface area contributed by atoms with Crippen LogP contribution >= 0.6 is 0 Å². The summed E-state index contributed by atoms with van der Waals surface area (Å²) in [6, 6.07) is 13.0. The molecule has 22 heavy (non-hydrogen) atoms. The van der Waals surface area contributed by atoms with Gasteiger partial charge in [-0.3, -0.25) is 14.9 Å². The van der Waals surface area contributed by atoms with Crippen molar-refractivity contribution in [2.45, 2.75) is 13.0 Å². The standard InChI is InChI=1S/C17H16N2O3/c1-10(11-3-6-13(22-2)7-4-11)18-12-5-8-14-15(9-12)17(21)19-16(14)20/h3-10,18H,1-2H3,(H,19,20,21). The quantitative estimate of drug-likeness (QED) is 0.851. The minimum atomic E-state index is -0.347. The second-order valence-corrected chi connectivity index (χ2v) is 5.18. The van der Waals surface area contributed by atoms with Gasteiger partial charge in [0.1, 0.15) is 5.75 Å². The average Bonchev–Trinajstić information content (AvgIpc) is 2.81. The number of benzene rings is 2. The van der Waals surface area contributed by atoms with E-state index in [2.05, 4.69) is 10.6 Å². The van der Waals surface area contributed by atoms with Gasteiger partial charge in [0.25, 0.3) is 11.8 Å². The zero-order chi connectivity index (χ0) is 15.7. The van der Waals surface area contributed by atoms with E-state index in [1.54, 1.807) is 25.3 Å². The monoisotopic (exact) mass is 296 g/mol. The smallest absolute Gasteiger partial charge is 0.259 e. The third-order valence-corrected chi connectivity index (χ3v) is 3.73. The van der Waals surface area contributed by atoms with Gasteiger partial charge in [0.2, 0.25) is 0 Å². The molecule has 0 saturated heterocycles. The average molecular weight is 296 g/mol. The Balaban J connectivity index is 1.79. The molecule has 0 fully saturated rings. The van der Waals surface area contributed by atoms with Crippen LogP contribution in [0.15, 0.2) is 42.5 Å². The molecule has 0 saturated carbocycles. The fourth-order valence-electron chi connectivity index (χ4n) is 2.48. The molecule has 1 unspecified atom stereocenters. The number of fused-ring (bicyclic) bond motifs is 1. The van der Waals surface area contributed by atoms with Crippen LogP contribution in [0, 0.1) is 0 Å². The molecule has 2 aromatic rings. The van der Waals surface area contributed by atoms with Crippen LogP contribution in [0.25, 0.3) is 0 Å². The normalized spacial score (nSPS) is 14.3. The molecule has 1 aliphatic heterocycles. The summed E-state index contributed by atoms with van der Waals surface area (Å²) in [6.07, 6.45) is 0. The van der Waals surface area contributed by atoms with Gasteiger partial charge < -0.3 is 10.1 Å². The molecule has 2 amide bonds. The molecule has 0 aromatic heterocycles. The van der Waals surface area contributed by atoms with Crippen molar-refractivity contribution >= 4 is 17.5 Å². The Kier molecular flexibility index (Phi) is 3.55. The van der Waals surface area contributed by atoms with E-state index >= 15 is 0 Å². The van der Waals surface area contributed by atoms with E-state index in [1.807, 2.05) is 31.2 Å². The van der Waals surface area contributed by atoms with Crippen molar-refractivity contribution in [2.24, 2.45) is 0 Å². The first kappa shape index (κ1) is 14.1. The summed E-state index contributed by atoms with van der Waals surface area (Å²) in [5.74, 6) is 0.124. The van der Waals surface area contributed by atoms with E-state index < -0.39 is 0 Å². The zero-order valence-corrected chi connectivity index (χ0v) is 12.3. The number of carbonyl (C=O) groups is 2. The van der Waals surface area contributed by atoms with Gasteiger partial charge in [-0.15, -0.1) is 0 Å². The summed E-state index contributed by atoms with van der Waals surface area (Å²) in [6.45, 7) is 2.03. The summed E-state index contributed by atoms with van der Waals surface area (Å²) in [4.78, 5) is 23.2. The van der Waals surface area contributed by atoms with Gasteiger partial charge in [-0.1, -0.05) is 12.1 Å². The third-order valence-electron chi connectivity index (χ3n) is 3.73. The number of rotatable bonds is 4. The first-order valence-electron chi connectivity index (χ1n) is 6.98. The molecule has 0 radical (unpaired) electrons. The van der Waals surface area contributed by atoms with Crippen LogP contribution in [0.3, 0.4) is 0 Å². The Morgan fingerprint density at radius 1 is 1.00 bits per heavy atom. The number of amides is 2. The van der Waals surface area contributed by atoms with Crippen LogP contribution in [0.2, 0.25) is 0 Å². The highest BCUT2D eigenvalue weighted by Crippen LogP contribution is 2.25. The summed E-state index contributed by atoms with van der Waals surface area (Å²) in [7, 11) is 1.63. The fourth-order valence-corrected chi connectivity index (χ4v) is 2.48. The van der Waals surface area contributed by atoms with E-state index in [0.717, 1.165) is 17.0 Å². The summed E-state index contributed by atoms with van der Waals surface area (Å²) >= 11 is 0. The van der Waals surface area contributed by atoms with Gasteiger partial charge in [0.15, 0.2) is 0 Å². The molecule has 5 nitrogen and oxygen atoms in total. The fraction of sp³-hybridized carbons (Fsp3) is 0.176. The number of methoxy groups -OCH3 is 1. The van der Waals surface area contributed by atoms with E-state index in [0.29, 0.717) is 11.1 Å². The topological polar surface area (TPSA) is 67.4 Å².